The SMILES string of the molecule is Cc1cc(Cn2c(=O)c3c(ncn3C(C)C(=O)Nc3ccnc(-c4cnc(C)c(C(F)(F)F)c4)n3)n(C)c2=O)no1. The molecule has 0 fully saturated rings. The van der Waals surface area contributed by atoms with Gasteiger partial charge in [0.05, 0.1) is 18.4 Å². The van der Waals surface area contributed by atoms with Gasteiger partial charge in [0.2, 0.25) is 5.91 Å². The fourth-order valence-electron chi connectivity index (χ4n) is 4.24. The van der Waals surface area contributed by atoms with Crippen molar-refractivity contribution in [3.8, 4) is 11.4 Å². The molecule has 5 heterocycles. The van der Waals surface area contributed by atoms with Crippen LogP contribution in [0, 0.1) is 13.8 Å². The van der Waals surface area contributed by atoms with E-state index in [4.69, 9.17) is 4.52 Å². The first-order valence-corrected chi connectivity index (χ1v) is 12.1. The van der Waals surface area contributed by atoms with E-state index in [2.05, 4.69) is 30.4 Å². The van der Waals surface area contributed by atoms with Crippen LogP contribution in [0.25, 0.3) is 22.6 Å². The van der Waals surface area contributed by atoms with Crippen LogP contribution in [0.4, 0.5) is 19.0 Å². The summed E-state index contributed by atoms with van der Waals surface area (Å²) in [6, 6.07) is 2.84. The highest BCUT2D eigenvalue weighted by molar-refractivity contribution is 5.93. The lowest BCUT2D eigenvalue weighted by atomic mass is 10.1. The van der Waals surface area contributed by atoms with E-state index < -0.39 is 34.9 Å². The van der Waals surface area contributed by atoms with Crippen LogP contribution in [0.15, 0.2) is 51.0 Å². The van der Waals surface area contributed by atoms with Crippen molar-refractivity contribution in [3.05, 3.63) is 80.5 Å². The zero-order chi connectivity index (χ0) is 29.6. The first-order valence-electron chi connectivity index (χ1n) is 12.1. The molecule has 0 bridgehead atoms. The number of alkyl halides is 3. The Morgan fingerprint density at radius 2 is 1.90 bits per heavy atom. The summed E-state index contributed by atoms with van der Waals surface area (Å²) in [6.07, 6.45) is -0.857. The normalized spacial score (nSPS) is 12.6. The highest BCUT2D eigenvalue weighted by Gasteiger charge is 2.33. The molecule has 1 unspecified atom stereocenters. The predicted octanol–water partition coefficient (Wildman–Crippen LogP) is 2.62. The smallest absolute Gasteiger partial charge is 0.361 e. The topological polar surface area (TPSA) is 156 Å². The molecule has 0 aliphatic heterocycles. The third-order valence-electron chi connectivity index (χ3n) is 6.41. The predicted molar refractivity (Wildman–Crippen MR) is 138 cm³/mol. The summed E-state index contributed by atoms with van der Waals surface area (Å²) in [4.78, 5) is 55.6. The molecule has 1 amide bonds. The monoisotopic (exact) mass is 569 g/mol. The number of amides is 1. The van der Waals surface area contributed by atoms with Crippen molar-refractivity contribution in [1.82, 2.24) is 38.8 Å². The molecule has 0 saturated heterocycles. The van der Waals surface area contributed by atoms with Crippen LogP contribution in [0.2, 0.25) is 0 Å². The van der Waals surface area contributed by atoms with Crippen molar-refractivity contribution in [2.24, 2.45) is 7.05 Å². The van der Waals surface area contributed by atoms with Gasteiger partial charge in [-0.15, -0.1) is 0 Å². The van der Waals surface area contributed by atoms with E-state index in [1.807, 2.05) is 0 Å². The second-order valence-corrected chi connectivity index (χ2v) is 9.27. The van der Waals surface area contributed by atoms with Crippen molar-refractivity contribution < 1.29 is 22.5 Å². The van der Waals surface area contributed by atoms with Crippen LogP contribution >= 0.6 is 0 Å². The van der Waals surface area contributed by atoms with E-state index in [1.165, 1.54) is 54.8 Å². The van der Waals surface area contributed by atoms with Gasteiger partial charge >= 0.3 is 11.9 Å². The van der Waals surface area contributed by atoms with Gasteiger partial charge in [0, 0.05) is 36.8 Å². The van der Waals surface area contributed by atoms with Crippen molar-refractivity contribution in [2.45, 2.75) is 39.5 Å². The molecule has 5 aromatic heterocycles. The highest BCUT2D eigenvalue weighted by atomic mass is 19.4. The number of nitrogens with zero attached hydrogens (tertiary/aromatic N) is 8. The summed E-state index contributed by atoms with van der Waals surface area (Å²) in [5.74, 6) is -0.174. The van der Waals surface area contributed by atoms with Gasteiger partial charge in [-0.25, -0.2) is 19.7 Å². The summed E-state index contributed by atoms with van der Waals surface area (Å²) in [5.41, 5.74) is -1.98. The maximum absolute atomic E-state index is 13.4. The number of hydrogen-bond acceptors (Lipinski definition) is 9. The summed E-state index contributed by atoms with van der Waals surface area (Å²) >= 11 is 0. The van der Waals surface area contributed by atoms with E-state index >= 15 is 0 Å². The quantitative estimate of drug-likeness (QED) is 0.325. The number of fused-ring (bicyclic) bond motifs is 1. The van der Waals surface area contributed by atoms with Gasteiger partial charge in [-0.1, -0.05) is 5.16 Å². The lowest BCUT2D eigenvalue weighted by Crippen LogP contribution is -2.40. The van der Waals surface area contributed by atoms with Crippen LogP contribution in [0.1, 0.15) is 35.7 Å². The minimum Gasteiger partial charge on any atom is -0.361 e. The largest absolute Gasteiger partial charge is 0.418 e. The summed E-state index contributed by atoms with van der Waals surface area (Å²) in [7, 11) is 1.45. The first-order chi connectivity index (χ1) is 19.3. The molecular formula is C25H22F3N9O4. The van der Waals surface area contributed by atoms with E-state index in [9.17, 15) is 27.6 Å². The Morgan fingerprint density at radius 1 is 1.15 bits per heavy atom. The molecule has 0 spiro atoms. The van der Waals surface area contributed by atoms with Crippen molar-refractivity contribution in [1.29, 1.82) is 0 Å². The molecule has 13 nitrogen and oxygen atoms in total. The molecule has 0 aliphatic carbocycles. The Morgan fingerprint density at radius 3 is 2.59 bits per heavy atom. The van der Waals surface area contributed by atoms with Crippen LogP contribution < -0.4 is 16.6 Å². The average Bonchev–Trinajstić information content (AvgIpc) is 3.55. The van der Waals surface area contributed by atoms with Crippen molar-refractivity contribution in [2.75, 3.05) is 5.32 Å². The third kappa shape index (κ3) is 5.10. The van der Waals surface area contributed by atoms with Crippen molar-refractivity contribution >= 4 is 22.9 Å². The molecule has 1 N–H and O–H groups in total. The summed E-state index contributed by atoms with van der Waals surface area (Å²) < 4.78 is 48.5. The third-order valence-corrected chi connectivity index (χ3v) is 6.41. The molecule has 41 heavy (non-hydrogen) atoms. The number of imidazole rings is 1. The lowest BCUT2D eigenvalue weighted by Gasteiger charge is -2.15. The van der Waals surface area contributed by atoms with Gasteiger partial charge in [0.25, 0.3) is 5.56 Å². The molecule has 1 atom stereocenters. The number of hydrogen-bond donors (Lipinski definition) is 1. The molecule has 0 aromatic carbocycles. The van der Waals surface area contributed by atoms with Gasteiger partial charge in [0.1, 0.15) is 23.3 Å². The fraction of sp³-hybridized carbons (Fsp3) is 0.280. The number of aryl methyl sites for hydroxylation is 3. The van der Waals surface area contributed by atoms with Crippen LogP contribution in [-0.4, -0.2) is 44.7 Å². The molecule has 5 rings (SSSR count). The Bertz CT molecular complexity index is 1920. The number of anilines is 1. The summed E-state index contributed by atoms with van der Waals surface area (Å²) in [5, 5.41) is 6.41. The number of halogens is 3. The van der Waals surface area contributed by atoms with Crippen LogP contribution in [0.5, 0.6) is 0 Å². The molecule has 5 aromatic rings. The molecule has 0 aliphatic rings. The van der Waals surface area contributed by atoms with Gasteiger partial charge < -0.3 is 14.4 Å². The molecule has 16 heteroatoms. The minimum absolute atomic E-state index is 0.00348. The Labute approximate surface area is 228 Å². The number of rotatable bonds is 6. The van der Waals surface area contributed by atoms with Gasteiger partial charge in [-0.2, -0.15) is 13.2 Å². The van der Waals surface area contributed by atoms with Crippen molar-refractivity contribution in [3.63, 3.8) is 0 Å². The summed E-state index contributed by atoms with van der Waals surface area (Å²) in [6.45, 7) is 4.27. The highest BCUT2D eigenvalue weighted by Crippen LogP contribution is 2.33. The fourth-order valence-corrected chi connectivity index (χ4v) is 4.24. The molecule has 0 saturated carbocycles. The number of carbonyl (C=O) groups is 1. The lowest BCUT2D eigenvalue weighted by molar-refractivity contribution is -0.138. The van der Waals surface area contributed by atoms with Gasteiger partial charge in [0.15, 0.2) is 17.0 Å². The molecular weight excluding hydrogens is 547 g/mol. The van der Waals surface area contributed by atoms with E-state index in [1.54, 1.807) is 13.0 Å². The Hall–Kier alpha value is -5.15. The minimum atomic E-state index is -4.61. The number of carbonyl (C=O) groups excluding carboxylic acids is 1. The first kappa shape index (κ1) is 27.4. The average molecular weight is 570 g/mol. The van der Waals surface area contributed by atoms with Gasteiger partial charge in [-0.3, -0.25) is 23.7 Å². The molecule has 212 valence electrons. The number of pyridine rings is 1. The van der Waals surface area contributed by atoms with E-state index in [0.717, 1.165) is 10.6 Å². The standard InChI is InChI=1S/C25H22F3N9O4/c1-12-7-16(34-41-12)10-36-23(39)19-21(35(4)24(36)40)31-11-37(19)14(3)22(38)33-18-5-6-29-20(32-18)15-8-17(25(26,27)28)13(2)30-9-15/h5-9,11,14H,10H2,1-4H3,(H,29,32,33,38). The van der Waals surface area contributed by atoms with Crippen LogP contribution in [-0.2, 0) is 24.6 Å². The number of aromatic nitrogens is 8. The molecule has 0 radical (unpaired) electrons. The van der Waals surface area contributed by atoms with E-state index in [-0.39, 0.29) is 40.6 Å². The number of nitrogens with one attached hydrogen (secondary N) is 1. The van der Waals surface area contributed by atoms with Crippen LogP contribution in [0.3, 0.4) is 0 Å². The second kappa shape index (κ2) is 10.1. The Kier molecular flexibility index (Phi) is 6.76. The second-order valence-electron chi connectivity index (χ2n) is 9.27. The zero-order valence-corrected chi connectivity index (χ0v) is 22.1. The van der Waals surface area contributed by atoms with Gasteiger partial charge in [-0.05, 0) is 32.9 Å². The maximum Gasteiger partial charge on any atom is 0.418 e. The maximum atomic E-state index is 13.4. The zero-order valence-electron chi connectivity index (χ0n) is 22.1. The Balaban J connectivity index is 1.45. The van der Waals surface area contributed by atoms with E-state index in [0.29, 0.717) is 11.5 Å².